The topological polar surface area (TPSA) is 66.8 Å². The number of carbonyl (C=O) groups excluding carboxylic acids is 2. The molecule has 1 aliphatic heterocycles. The number of imide groups is 1. The first-order chi connectivity index (χ1) is 14.0. The quantitative estimate of drug-likeness (QED) is 0.646. The van der Waals surface area contributed by atoms with Gasteiger partial charge in [0.15, 0.2) is 5.76 Å². The maximum Gasteiger partial charge on any atom is 0.301 e. The van der Waals surface area contributed by atoms with E-state index in [2.05, 4.69) is 0 Å². The summed E-state index contributed by atoms with van der Waals surface area (Å²) in [6, 6.07) is 21.3. The number of ether oxygens (including phenoxy) is 1. The van der Waals surface area contributed by atoms with Crippen LogP contribution in [0.25, 0.3) is 5.57 Å². The second kappa shape index (κ2) is 7.28. The molecular formula is C24H19NO4. The lowest BCUT2D eigenvalue weighted by Gasteiger charge is -2.15. The van der Waals surface area contributed by atoms with Gasteiger partial charge in [0.2, 0.25) is 0 Å². The average molecular weight is 385 g/mol. The van der Waals surface area contributed by atoms with Crippen molar-refractivity contribution >= 4 is 23.1 Å². The van der Waals surface area contributed by atoms with Crippen LogP contribution >= 0.6 is 0 Å². The van der Waals surface area contributed by atoms with E-state index >= 15 is 0 Å². The number of anilines is 1. The Balaban J connectivity index is 1.60. The van der Waals surface area contributed by atoms with Crippen molar-refractivity contribution in [2.24, 2.45) is 0 Å². The van der Waals surface area contributed by atoms with Crippen LogP contribution in [0.3, 0.4) is 0 Å². The van der Waals surface area contributed by atoms with Crippen LogP contribution in [-0.2, 0) is 9.59 Å². The van der Waals surface area contributed by atoms with Crippen molar-refractivity contribution in [3.63, 3.8) is 0 Å². The summed E-state index contributed by atoms with van der Waals surface area (Å²) >= 11 is 0. The number of amides is 2. The number of para-hydroxylation sites is 1. The first kappa shape index (κ1) is 18.5. The Morgan fingerprint density at radius 1 is 0.759 bits per heavy atom. The molecule has 0 spiro atoms. The van der Waals surface area contributed by atoms with E-state index in [1.807, 2.05) is 50.2 Å². The van der Waals surface area contributed by atoms with Crippen molar-refractivity contribution in [1.82, 2.24) is 0 Å². The number of hydrogen-bond acceptors (Lipinski definition) is 4. The van der Waals surface area contributed by atoms with Crippen molar-refractivity contribution in [2.45, 2.75) is 13.8 Å². The van der Waals surface area contributed by atoms with Gasteiger partial charge in [0, 0.05) is 0 Å². The molecule has 0 aliphatic carbocycles. The molecule has 5 nitrogen and oxygen atoms in total. The van der Waals surface area contributed by atoms with E-state index in [1.165, 1.54) is 0 Å². The normalized spacial score (nSPS) is 13.9. The second-order valence-corrected chi connectivity index (χ2v) is 6.88. The summed E-state index contributed by atoms with van der Waals surface area (Å²) in [6.45, 7) is 3.88. The maximum absolute atomic E-state index is 13.0. The number of nitrogens with zero attached hydrogens (tertiary/aromatic N) is 1. The Labute approximate surface area is 168 Å². The summed E-state index contributed by atoms with van der Waals surface area (Å²) in [6.07, 6.45) is 0. The van der Waals surface area contributed by atoms with E-state index in [1.54, 1.807) is 36.4 Å². The monoisotopic (exact) mass is 385 g/mol. The zero-order valence-electron chi connectivity index (χ0n) is 16.0. The molecule has 0 atom stereocenters. The Kier molecular flexibility index (Phi) is 4.64. The molecule has 0 radical (unpaired) electrons. The van der Waals surface area contributed by atoms with Gasteiger partial charge in [-0.25, -0.2) is 4.90 Å². The minimum Gasteiger partial charge on any atom is -0.502 e. The Hall–Kier alpha value is -3.86. The molecule has 4 rings (SSSR count). The van der Waals surface area contributed by atoms with Gasteiger partial charge in [-0.15, -0.1) is 0 Å². The van der Waals surface area contributed by atoms with E-state index in [0.29, 0.717) is 22.7 Å². The highest BCUT2D eigenvalue weighted by atomic mass is 16.5. The number of benzene rings is 3. The van der Waals surface area contributed by atoms with Crippen LogP contribution in [0.1, 0.15) is 16.7 Å². The molecule has 1 N–H and O–H groups in total. The Morgan fingerprint density at radius 2 is 1.41 bits per heavy atom. The van der Waals surface area contributed by atoms with E-state index in [0.717, 1.165) is 16.0 Å². The third-order valence-electron chi connectivity index (χ3n) is 4.93. The van der Waals surface area contributed by atoms with Gasteiger partial charge in [-0.05, 0) is 66.9 Å². The standard InChI is InChI=1S/C24H19NO4/c1-15-8-9-17(14-16(15)2)21-22(26)24(28)25(23(21)27)18-10-12-20(13-11-18)29-19-6-4-3-5-7-19/h3-14,26H,1-2H3. The van der Waals surface area contributed by atoms with Gasteiger partial charge >= 0.3 is 5.91 Å². The molecule has 1 aliphatic rings. The predicted molar refractivity (Wildman–Crippen MR) is 111 cm³/mol. The molecule has 0 aromatic heterocycles. The first-order valence-corrected chi connectivity index (χ1v) is 9.18. The summed E-state index contributed by atoms with van der Waals surface area (Å²) < 4.78 is 5.74. The zero-order chi connectivity index (χ0) is 20.5. The molecule has 0 unspecified atom stereocenters. The predicted octanol–water partition coefficient (Wildman–Crippen LogP) is 4.94. The molecule has 0 saturated carbocycles. The molecule has 0 saturated heterocycles. The summed E-state index contributed by atoms with van der Waals surface area (Å²) in [5.74, 6) is -0.564. The minimum atomic E-state index is -0.736. The molecule has 1 heterocycles. The third kappa shape index (κ3) is 3.38. The molecular weight excluding hydrogens is 366 g/mol. The molecule has 29 heavy (non-hydrogen) atoms. The number of aliphatic hydroxyl groups excluding tert-OH is 1. The smallest absolute Gasteiger partial charge is 0.301 e. The van der Waals surface area contributed by atoms with Crippen LogP contribution in [0.5, 0.6) is 11.5 Å². The van der Waals surface area contributed by atoms with E-state index in [-0.39, 0.29) is 5.57 Å². The van der Waals surface area contributed by atoms with Crippen molar-refractivity contribution < 1.29 is 19.4 Å². The molecule has 3 aromatic rings. The summed E-state index contributed by atoms with van der Waals surface area (Å²) in [5, 5.41) is 10.4. The summed E-state index contributed by atoms with van der Waals surface area (Å²) in [7, 11) is 0. The van der Waals surface area contributed by atoms with Crippen molar-refractivity contribution in [1.29, 1.82) is 0 Å². The molecule has 0 fully saturated rings. The third-order valence-corrected chi connectivity index (χ3v) is 4.93. The highest BCUT2D eigenvalue weighted by molar-refractivity contribution is 6.44. The number of carbonyl (C=O) groups is 2. The van der Waals surface area contributed by atoms with Gasteiger partial charge in [-0.2, -0.15) is 0 Å². The van der Waals surface area contributed by atoms with Crippen molar-refractivity contribution in [3.05, 3.63) is 95.2 Å². The van der Waals surface area contributed by atoms with Crippen LogP contribution in [0.4, 0.5) is 5.69 Å². The highest BCUT2D eigenvalue weighted by Crippen LogP contribution is 2.33. The van der Waals surface area contributed by atoms with Gasteiger partial charge in [0.05, 0.1) is 11.3 Å². The lowest BCUT2D eigenvalue weighted by molar-refractivity contribution is -0.121. The van der Waals surface area contributed by atoms with Crippen molar-refractivity contribution in [2.75, 3.05) is 4.90 Å². The largest absolute Gasteiger partial charge is 0.502 e. The number of hydrogen-bond donors (Lipinski definition) is 1. The fourth-order valence-corrected chi connectivity index (χ4v) is 3.20. The summed E-state index contributed by atoms with van der Waals surface area (Å²) in [5.41, 5.74) is 2.95. The van der Waals surface area contributed by atoms with Crippen LogP contribution in [0, 0.1) is 13.8 Å². The van der Waals surface area contributed by atoms with E-state index in [4.69, 9.17) is 4.74 Å². The zero-order valence-corrected chi connectivity index (χ0v) is 16.0. The number of aliphatic hydroxyl groups is 1. The van der Waals surface area contributed by atoms with Crippen molar-refractivity contribution in [3.8, 4) is 11.5 Å². The Bertz CT molecular complexity index is 1130. The first-order valence-electron chi connectivity index (χ1n) is 9.18. The SMILES string of the molecule is Cc1ccc(C2=C(O)C(=O)N(c3ccc(Oc4ccccc4)cc3)C2=O)cc1C. The lowest BCUT2D eigenvalue weighted by atomic mass is 10.00. The van der Waals surface area contributed by atoms with E-state index in [9.17, 15) is 14.7 Å². The molecule has 144 valence electrons. The van der Waals surface area contributed by atoms with Crippen LogP contribution in [0.15, 0.2) is 78.6 Å². The Morgan fingerprint density at radius 3 is 2.07 bits per heavy atom. The number of aryl methyl sites for hydroxylation is 2. The van der Waals surface area contributed by atoms with Crippen LogP contribution < -0.4 is 9.64 Å². The molecule has 2 amide bonds. The average Bonchev–Trinajstić information content (AvgIpc) is 2.94. The van der Waals surface area contributed by atoms with Crippen LogP contribution in [-0.4, -0.2) is 16.9 Å². The lowest BCUT2D eigenvalue weighted by Crippen LogP contribution is -2.31. The highest BCUT2D eigenvalue weighted by Gasteiger charge is 2.40. The second-order valence-electron chi connectivity index (χ2n) is 6.88. The summed E-state index contributed by atoms with van der Waals surface area (Å²) in [4.78, 5) is 26.5. The van der Waals surface area contributed by atoms with Gasteiger partial charge in [0.25, 0.3) is 5.91 Å². The number of rotatable bonds is 4. The van der Waals surface area contributed by atoms with Crippen LogP contribution in [0.2, 0.25) is 0 Å². The molecule has 5 heteroatoms. The van der Waals surface area contributed by atoms with Gasteiger partial charge in [-0.1, -0.05) is 36.4 Å². The molecule has 0 bridgehead atoms. The van der Waals surface area contributed by atoms with Gasteiger partial charge in [-0.3, -0.25) is 9.59 Å². The fourth-order valence-electron chi connectivity index (χ4n) is 3.20. The van der Waals surface area contributed by atoms with Gasteiger partial charge < -0.3 is 9.84 Å². The van der Waals surface area contributed by atoms with E-state index < -0.39 is 17.6 Å². The maximum atomic E-state index is 13.0. The molecule has 3 aromatic carbocycles. The minimum absolute atomic E-state index is 0.0164. The fraction of sp³-hybridized carbons (Fsp3) is 0.0833. The van der Waals surface area contributed by atoms with Gasteiger partial charge in [0.1, 0.15) is 11.5 Å².